The summed E-state index contributed by atoms with van der Waals surface area (Å²) >= 11 is 0. The number of anilines is 2. The molecule has 2 heterocycles. The molecule has 0 spiro atoms. The fraction of sp³-hybridized carbons (Fsp3) is 0.750. The Morgan fingerprint density at radius 3 is 2.65 bits per heavy atom. The van der Waals surface area contributed by atoms with Gasteiger partial charge in [0, 0.05) is 25.7 Å². The molecule has 1 aromatic heterocycles. The first-order valence-electron chi connectivity index (χ1n) is 6.25. The zero-order valence-electron chi connectivity index (χ0n) is 11.2. The summed E-state index contributed by atoms with van der Waals surface area (Å²) in [7, 11) is 4.12. The van der Waals surface area contributed by atoms with Crippen molar-refractivity contribution >= 4 is 11.5 Å². The zero-order valence-corrected chi connectivity index (χ0v) is 11.2. The van der Waals surface area contributed by atoms with E-state index in [0.29, 0.717) is 12.1 Å². The van der Waals surface area contributed by atoms with Crippen LogP contribution in [0.2, 0.25) is 0 Å². The summed E-state index contributed by atoms with van der Waals surface area (Å²) in [6, 6.07) is 1.12. The molecule has 1 aliphatic rings. The number of hydrogen-bond donors (Lipinski definition) is 2. The molecular formula is C12H23N5. The second-order valence-electron chi connectivity index (χ2n) is 5.17. The number of aromatic nitrogens is 2. The molecule has 1 saturated heterocycles. The molecule has 1 aliphatic heterocycles. The highest BCUT2D eigenvalue weighted by molar-refractivity contribution is 5.64. The molecule has 0 saturated carbocycles. The number of aryl methyl sites for hydroxylation is 2. The van der Waals surface area contributed by atoms with Gasteiger partial charge in [0.15, 0.2) is 0 Å². The van der Waals surface area contributed by atoms with Crippen LogP contribution in [0.1, 0.15) is 25.5 Å². The van der Waals surface area contributed by atoms with Crippen molar-refractivity contribution in [1.82, 2.24) is 14.7 Å². The highest BCUT2D eigenvalue weighted by Crippen LogP contribution is 2.25. The van der Waals surface area contributed by atoms with E-state index in [-0.39, 0.29) is 0 Å². The third kappa shape index (κ3) is 2.39. The number of nitrogens with two attached hydrogens (primary N) is 1. The van der Waals surface area contributed by atoms with Gasteiger partial charge < -0.3 is 16.0 Å². The van der Waals surface area contributed by atoms with Gasteiger partial charge in [-0.15, -0.1) is 0 Å². The van der Waals surface area contributed by atoms with Crippen LogP contribution < -0.4 is 11.1 Å². The maximum absolute atomic E-state index is 6.03. The molecule has 5 nitrogen and oxygen atoms in total. The average Bonchev–Trinajstić information content (AvgIpc) is 2.50. The van der Waals surface area contributed by atoms with Crippen LogP contribution in [0.25, 0.3) is 0 Å². The third-order valence-corrected chi connectivity index (χ3v) is 3.82. The molecule has 5 heteroatoms. The molecule has 2 atom stereocenters. The molecule has 0 amide bonds. The van der Waals surface area contributed by atoms with Crippen molar-refractivity contribution < 1.29 is 0 Å². The van der Waals surface area contributed by atoms with Crippen LogP contribution in [-0.2, 0) is 7.05 Å². The van der Waals surface area contributed by atoms with E-state index in [1.54, 1.807) is 0 Å². The van der Waals surface area contributed by atoms with Crippen molar-refractivity contribution in [3.8, 4) is 0 Å². The molecule has 17 heavy (non-hydrogen) atoms. The fourth-order valence-electron chi connectivity index (χ4n) is 2.46. The van der Waals surface area contributed by atoms with Gasteiger partial charge in [-0.1, -0.05) is 0 Å². The van der Waals surface area contributed by atoms with E-state index in [9.17, 15) is 0 Å². The summed E-state index contributed by atoms with van der Waals surface area (Å²) in [6.07, 6.45) is 2.31. The van der Waals surface area contributed by atoms with Crippen LogP contribution in [0, 0.1) is 6.92 Å². The topological polar surface area (TPSA) is 59.1 Å². The number of nitrogens with zero attached hydrogens (tertiary/aromatic N) is 3. The highest BCUT2D eigenvalue weighted by atomic mass is 15.3. The van der Waals surface area contributed by atoms with Crippen molar-refractivity contribution in [3.63, 3.8) is 0 Å². The smallest absolute Gasteiger partial charge is 0.147 e. The minimum atomic E-state index is 0.498. The first kappa shape index (κ1) is 12.2. The Labute approximate surface area is 103 Å². The Hall–Kier alpha value is -1.23. The van der Waals surface area contributed by atoms with Gasteiger partial charge in [-0.2, -0.15) is 5.10 Å². The van der Waals surface area contributed by atoms with Crippen LogP contribution >= 0.6 is 0 Å². The van der Waals surface area contributed by atoms with Gasteiger partial charge >= 0.3 is 0 Å². The summed E-state index contributed by atoms with van der Waals surface area (Å²) in [5, 5.41) is 7.87. The van der Waals surface area contributed by atoms with Gasteiger partial charge in [-0.3, -0.25) is 4.68 Å². The number of nitrogens with one attached hydrogen (secondary N) is 1. The van der Waals surface area contributed by atoms with Crippen LogP contribution in [0.5, 0.6) is 0 Å². The lowest BCUT2D eigenvalue weighted by Gasteiger charge is -2.35. The molecule has 3 N–H and O–H groups in total. The number of rotatable bonds is 2. The molecule has 1 aromatic rings. The van der Waals surface area contributed by atoms with Crippen molar-refractivity contribution in [2.75, 3.05) is 24.6 Å². The van der Waals surface area contributed by atoms with Gasteiger partial charge in [0.1, 0.15) is 5.82 Å². The first-order chi connectivity index (χ1) is 7.99. The quantitative estimate of drug-likeness (QED) is 0.811. The highest BCUT2D eigenvalue weighted by Gasteiger charge is 2.24. The number of nitrogen functional groups attached to an aromatic ring is 1. The lowest BCUT2D eigenvalue weighted by Crippen LogP contribution is -2.42. The Bertz CT molecular complexity index is 398. The van der Waals surface area contributed by atoms with Crippen LogP contribution in [0.3, 0.4) is 0 Å². The number of piperidine rings is 1. The van der Waals surface area contributed by atoms with E-state index in [4.69, 9.17) is 5.73 Å². The third-order valence-electron chi connectivity index (χ3n) is 3.82. The predicted octanol–water partition coefficient (Wildman–Crippen LogP) is 1.21. The second kappa shape index (κ2) is 4.56. The first-order valence-corrected chi connectivity index (χ1v) is 6.25. The van der Waals surface area contributed by atoms with Crippen LogP contribution in [-0.4, -0.2) is 40.4 Å². The standard InChI is InChI=1S/C12H23N5/c1-8-7-10(5-6-16(8)3)14-12-11(13)9(2)15-17(12)4/h8,10,14H,5-7,13H2,1-4H3. The lowest BCUT2D eigenvalue weighted by molar-refractivity contribution is 0.190. The van der Waals surface area contributed by atoms with Crippen LogP contribution in [0.15, 0.2) is 0 Å². The normalized spacial score (nSPS) is 26.1. The van der Waals surface area contributed by atoms with E-state index in [2.05, 4.69) is 29.3 Å². The van der Waals surface area contributed by atoms with Gasteiger partial charge in [0.05, 0.1) is 11.4 Å². The SMILES string of the molecule is Cc1nn(C)c(NC2CCN(C)C(C)C2)c1N. The lowest BCUT2D eigenvalue weighted by atomic mass is 9.99. The summed E-state index contributed by atoms with van der Waals surface area (Å²) in [4.78, 5) is 2.40. The molecule has 1 fully saturated rings. The van der Waals surface area contributed by atoms with E-state index >= 15 is 0 Å². The Morgan fingerprint density at radius 2 is 2.12 bits per heavy atom. The molecule has 2 rings (SSSR count). The van der Waals surface area contributed by atoms with Crippen molar-refractivity contribution in [3.05, 3.63) is 5.69 Å². The number of likely N-dealkylation sites (tertiary alicyclic amines) is 1. The second-order valence-corrected chi connectivity index (χ2v) is 5.17. The summed E-state index contributed by atoms with van der Waals surface area (Å²) < 4.78 is 1.84. The molecule has 0 bridgehead atoms. The van der Waals surface area contributed by atoms with E-state index in [1.165, 1.54) is 0 Å². The molecule has 0 aliphatic carbocycles. The van der Waals surface area contributed by atoms with Crippen molar-refractivity contribution in [2.45, 2.75) is 38.8 Å². The maximum Gasteiger partial charge on any atom is 0.147 e. The maximum atomic E-state index is 6.03. The van der Waals surface area contributed by atoms with Crippen molar-refractivity contribution in [1.29, 1.82) is 0 Å². The van der Waals surface area contributed by atoms with Gasteiger partial charge in [-0.25, -0.2) is 0 Å². The van der Waals surface area contributed by atoms with Gasteiger partial charge in [0.25, 0.3) is 0 Å². The summed E-state index contributed by atoms with van der Waals surface area (Å²) in [5.41, 5.74) is 7.70. The Kier molecular flexibility index (Phi) is 3.28. The molecule has 96 valence electrons. The summed E-state index contributed by atoms with van der Waals surface area (Å²) in [6.45, 7) is 5.35. The minimum absolute atomic E-state index is 0.498. The molecule has 0 radical (unpaired) electrons. The van der Waals surface area contributed by atoms with Gasteiger partial charge in [-0.05, 0) is 33.7 Å². The minimum Gasteiger partial charge on any atom is -0.394 e. The largest absolute Gasteiger partial charge is 0.394 e. The fourth-order valence-corrected chi connectivity index (χ4v) is 2.46. The molecular weight excluding hydrogens is 214 g/mol. The van der Waals surface area contributed by atoms with Gasteiger partial charge in [0.2, 0.25) is 0 Å². The van der Waals surface area contributed by atoms with E-state index < -0.39 is 0 Å². The van der Waals surface area contributed by atoms with Crippen LogP contribution in [0.4, 0.5) is 11.5 Å². The summed E-state index contributed by atoms with van der Waals surface area (Å²) in [5.74, 6) is 0.962. The average molecular weight is 237 g/mol. The number of hydrogen-bond acceptors (Lipinski definition) is 4. The van der Waals surface area contributed by atoms with E-state index in [1.807, 2.05) is 18.7 Å². The monoisotopic (exact) mass is 237 g/mol. The zero-order chi connectivity index (χ0) is 12.6. The molecule has 2 unspecified atom stereocenters. The Morgan fingerprint density at radius 1 is 1.41 bits per heavy atom. The van der Waals surface area contributed by atoms with E-state index in [0.717, 1.165) is 36.6 Å². The Balaban J connectivity index is 2.06. The predicted molar refractivity (Wildman–Crippen MR) is 71.1 cm³/mol. The van der Waals surface area contributed by atoms with Crippen molar-refractivity contribution in [2.24, 2.45) is 7.05 Å². The molecule has 0 aromatic carbocycles.